The van der Waals surface area contributed by atoms with Gasteiger partial charge in [0.2, 0.25) is 0 Å². The molecule has 7 heteroatoms. The topological polar surface area (TPSA) is 99.3 Å². The molecule has 0 unspecified atom stereocenters. The van der Waals surface area contributed by atoms with Gasteiger partial charge in [-0.3, -0.25) is 14.9 Å². The summed E-state index contributed by atoms with van der Waals surface area (Å²) in [5, 5.41) is 22.8. The molecule has 1 aromatic carbocycles. The summed E-state index contributed by atoms with van der Waals surface area (Å²) in [5.74, 6) is -0.454. The molecule has 1 N–H and O–H groups in total. The van der Waals surface area contributed by atoms with Crippen LogP contribution in [0.1, 0.15) is 23.2 Å². The Bertz CT molecular complexity index is 600. The average molecular weight is 288 g/mol. The van der Waals surface area contributed by atoms with E-state index in [1.807, 2.05) is 7.05 Å². The molecule has 0 bridgehead atoms. The van der Waals surface area contributed by atoms with E-state index in [0.717, 1.165) is 13.1 Å². The molecule has 1 fully saturated rings. The van der Waals surface area contributed by atoms with Crippen LogP contribution in [0.5, 0.6) is 0 Å². The first-order valence-corrected chi connectivity index (χ1v) is 6.62. The number of likely N-dealkylation sites (tertiary alicyclic amines) is 1. The van der Waals surface area contributed by atoms with Crippen molar-refractivity contribution >= 4 is 11.6 Å². The first-order chi connectivity index (χ1) is 9.96. The Hall–Kier alpha value is -2.46. The Balaban J connectivity index is 2.15. The minimum Gasteiger partial charge on any atom is -0.334 e. The lowest BCUT2D eigenvalue weighted by atomic mass is 9.89. The zero-order chi connectivity index (χ0) is 15.5. The van der Waals surface area contributed by atoms with Gasteiger partial charge in [0, 0.05) is 30.8 Å². The summed E-state index contributed by atoms with van der Waals surface area (Å²) in [7, 11) is 1.96. The van der Waals surface area contributed by atoms with Crippen LogP contribution in [0.25, 0.3) is 0 Å². The summed E-state index contributed by atoms with van der Waals surface area (Å²) in [4.78, 5) is 24.5. The van der Waals surface area contributed by atoms with Gasteiger partial charge in [0.1, 0.15) is 5.54 Å². The van der Waals surface area contributed by atoms with E-state index in [1.165, 1.54) is 24.3 Å². The van der Waals surface area contributed by atoms with Crippen LogP contribution in [0, 0.1) is 21.4 Å². The number of carbonyl (C=O) groups excluding carboxylic acids is 1. The molecule has 0 spiro atoms. The number of nitro benzene ring substituents is 1. The van der Waals surface area contributed by atoms with Gasteiger partial charge in [-0.15, -0.1) is 0 Å². The largest absolute Gasteiger partial charge is 0.334 e. The summed E-state index contributed by atoms with van der Waals surface area (Å²) < 4.78 is 0. The van der Waals surface area contributed by atoms with Crippen molar-refractivity contribution in [3.05, 3.63) is 39.9 Å². The number of nitrogens with zero attached hydrogens (tertiary/aromatic N) is 3. The lowest BCUT2D eigenvalue weighted by Gasteiger charge is -2.35. The molecule has 21 heavy (non-hydrogen) atoms. The lowest BCUT2D eigenvalue weighted by molar-refractivity contribution is -0.384. The minimum absolute atomic E-state index is 0.142. The van der Waals surface area contributed by atoms with Gasteiger partial charge in [0.25, 0.3) is 11.6 Å². The van der Waals surface area contributed by atoms with Gasteiger partial charge in [-0.2, -0.15) is 5.26 Å². The molecule has 0 aliphatic carbocycles. The molecule has 1 heterocycles. The molecular weight excluding hydrogens is 272 g/mol. The van der Waals surface area contributed by atoms with Crippen molar-refractivity contribution in [1.82, 2.24) is 10.2 Å². The fourth-order valence-corrected chi connectivity index (χ4v) is 2.32. The smallest absolute Gasteiger partial charge is 0.270 e. The summed E-state index contributed by atoms with van der Waals surface area (Å²) >= 11 is 0. The summed E-state index contributed by atoms with van der Waals surface area (Å²) in [6.07, 6.45) is 1.08. The number of benzene rings is 1. The molecule has 7 nitrogen and oxygen atoms in total. The predicted molar refractivity (Wildman–Crippen MR) is 75.6 cm³/mol. The van der Waals surface area contributed by atoms with Crippen LogP contribution >= 0.6 is 0 Å². The van der Waals surface area contributed by atoms with Gasteiger partial charge in [0.05, 0.1) is 11.0 Å². The summed E-state index contributed by atoms with van der Waals surface area (Å²) in [6, 6.07) is 7.69. The number of non-ortho nitro benzene ring substituents is 1. The van der Waals surface area contributed by atoms with Crippen LogP contribution in [0.2, 0.25) is 0 Å². The second kappa shape index (κ2) is 5.89. The van der Waals surface area contributed by atoms with Crippen LogP contribution in [-0.2, 0) is 0 Å². The number of hydrogen-bond donors (Lipinski definition) is 1. The average Bonchev–Trinajstić information content (AvgIpc) is 2.50. The van der Waals surface area contributed by atoms with Gasteiger partial charge in [-0.1, -0.05) is 6.07 Å². The van der Waals surface area contributed by atoms with E-state index in [9.17, 15) is 20.2 Å². The van der Waals surface area contributed by atoms with Crippen molar-refractivity contribution in [3.63, 3.8) is 0 Å². The Morgan fingerprint density at radius 1 is 1.48 bits per heavy atom. The molecule has 1 aromatic rings. The lowest BCUT2D eigenvalue weighted by Crippen LogP contribution is -2.53. The van der Waals surface area contributed by atoms with Crippen molar-refractivity contribution < 1.29 is 9.72 Å². The first kappa shape index (κ1) is 14.9. The maximum absolute atomic E-state index is 12.2. The Morgan fingerprint density at radius 3 is 2.71 bits per heavy atom. The van der Waals surface area contributed by atoms with E-state index < -0.39 is 16.4 Å². The SMILES string of the molecule is CN1CCC(C#N)(NC(=O)c2cccc([N+](=O)[O-])c2)CC1. The number of amides is 1. The third-order valence-corrected chi connectivity index (χ3v) is 3.73. The predicted octanol–water partition coefficient (Wildman–Crippen LogP) is 1.31. The second-order valence-electron chi connectivity index (χ2n) is 5.26. The highest BCUT2D eigenvalue weighted by Crippen LogP contribution is 2.22. The number of nitro groups is 1. The van der Waals surface area contributed by atoms with Crippen LogP contribution in [0.4, 0.5) is 5.69 Å². The Morgan fingerprint density at radius 2 is 2.14 bits per heavy atom. The molecule has 1 saturated heterocycles. The third-order valence-electron chi connectivity index (χ3n) is 3.73. The number of nitrogens with one attached hydrogen (secondary N) is 1. The van der Waals surface area contributed by atoms with Gasteiger partial charge in [-0.05, 0) is 26.0 Å². The van der Waals surface area contributed by atoms with Gasteiger partial charge in [-0.25, -0.2) is 0 Å². The maximum Gasteiger partial charge on any atom is 0.270 e. The highest BCUT2D eigenvalue weighted by molar-refractivity contribution is 5.95. The van der Waals surface area contributed by atoms with E-state index in [1.54, 1.807) is 0 Å². The maximum atomic E-state index is 12.2. The van der Waals surface area contributed by atoms with E-state index in [4.69, 9.17) is 0 Å². The standard InChI is InChI=1S/C14H16N4O3/c1-17-7-5-14(10-15,6-8-17)16-13(19)11-3-2-4-12(9-11)18(20)21/h2-4,9H,5-8H2,1H3,(H,16,19). The highest BCUT2D eigenvalue weighted by atomic mass is 16.6. The Labute approximate surface area is 122 Å². The minimum atomic E-state index is -0.895. The third kappa shape index (κ3) is 3.35. The highest BCUT2D eigenvalue weighted by Gasteiger charge is 2.35. The molecule has 2 rings (SSSR count). The molecule has 0 saturated carbocycles. The Kier molecular flexibility index (Phi) is 4.19. The number of carbonyl (C=O) groups is 1. The molecule has 0 radical (unpaired) electrons. The van der Waals surface area contributed by atoms with Crippen molar-refractivity contribution in [2.45, 2.75) is 18.4 Å². The number of hydrogen-bond acceptors (Lipinski definition) is 5. The molecule has 1 aliphatic heterocycles. The van der Waals surface area contributed by atoms with Crippen molar-refractivity contribution in [1.29, 1.82) is 5.26 Å². The van der Waals surface area contributed by atoms with Crippen LogP contribution in [-0.4, -0.2) is 41.4 Å². The number of piperidine rings is 1. The normalized spacial score (nSPS) is 17.7. The first-order valence-electron chi connectivity index (χ1n) is 6.62. The van der Waals surface area contributed by atoms with Crippen LogP contribution in [0.3, 0.4) is 0 Å². The van der Waals surface area contributed by atoms with Gasteiger partial charge >= 0.3 is 0 Å². The van der Waals surface area contributed by atoms with E-state index in [2.05, 4.69) is 16.3 Å². The molecule has 110 valence electrons. The van der Waals surface area contributed by atoms with Gasteiger partial charge < -0.3 is 10.2 Å². The zero-order valence-electron chi connectivity index (χ0n) is 11.7. The van der Waals surface area contributed by atoms with Crippen LogP contribution in [0.15, 0.2) is 24.3 Å². The summed E-state index contributed by atoms with van der Waals surface area (Å²) in [5.41, 5.74) is -0.844. The monoisotopic (exact) mass is 288 g/mol. The van der Waals surface area contributed by atoms with E-state index >= 15 is 0 Å². The van der Waals surface area contributed by atoms with E-state index in [-0.39, 0.29) is 11.3 Å². The summed E-state index contributed by atoms with van der Waals surface area (Å²) in [6.45, 7) is 1.45. The number of nitriles is 1. The number of rotatable bonds is 3. The fourth-order valence-electron chi connectivity index (χ4n) is 2.32. The van der Waals surface area contributed by atoms with E-state index in [0.29, 0.717) is 12.8 Å². The van der Waals surface area contributed by atoms with Crippen LogP contribution < -0.4 is 5.32 Å². The van der Waals surface area contributed by atoms with Gasteiger partial charge in [0.15, 0.2) is 0 Å². The molecule has 1 amide bonds. The van der Waals surface area contributed by atoms with Crippen molar-refractivity contribution in [2.24, 2.45) is 0 Å². The molecule has 0 aromatic heterocycles. The molecule has 0 atom stereocenters. The molecular formula is C14H16N4O3. The quantitative estimate of drug-likeness (QED) is 0.667. The molecule has 1 aliphatic rings. The second-order valence-corrected chi connectivity index (χ2v) is 5.26. The van der Waals surface area contributed by atoms with Crippen molar-refractivity contribution in [3.8, 4) is 6.07 Å². The fraction of sp³-hybridized carbons (Fsp3) is 0.429. The zero-order valence-corrected chi connectivity index (χ0v) is 11.7. The van der Waals surface area contributed by atoms with Crippen molar-refractivity contribution in [2.75, 3.05) is 20.1 Å².